The smallest absolute Gasteiger partial charge is 0.408 e. The van der Waals surface area contributed by atoms with E-state index in [1.165, 1.54) is 23.9 Å². The van der Waals surface area contributed by atoms with Gasteiger partial charge in [-0.25, -0.2) is 14.2 Å². The number of anilines is 1. The van der Waals surface area contributed by atoms with E-state index >= 15 is 0 Å². The number of thioether (sulfide) groups is 1. The van der Waals surface area contributed by atoms with Crippen LogP contribution in [0.5, 0.6) is 0 Å². The molecule has 4 aromatic rings. The van der Waals surface area contributed by atoms with Crippen molar-refractivity contribution in [1.29, 1.82) is 0 Å². The van der Waals surface area contributed by atoms with Crippen LogP contribution in [0.3, 0.4) is 0 Å². The molecule has 1 atom stereocenters. The van der Waals surface area contributed by atoms with Crippen molar-refractivity contribution in [1.82, 2.24) is 19.7 Å². The van der Waals surface area contributed by atoms with E-state index in [4.69, 9.17) is 4.42 Å². The first kappa shape index (κ1) is 19.1. The second kappa shape index (κ2) is 8.04. The largest absolute Gasteiger partial charge is 0.420 e. The number of nitrogens with zero attached hydrogens (tertiary/aromatic N) is 4. The molecule has 7 nitrogen and oxygen atoms in total. The zero-order valence-electron chi connectivity index (χ0n) is 15.8. The fourth-order valence-electron chi connectivity index (χ4n) is 2.97. The number of nitrogens with one attached hydrogen (secondary N) is 1. The van der Waals surface area contributed by atoms with Crippen molar-refractivity contribution in [2.45, 2.75) is 18.8 Å². The molecule has 0 amide bonds. The molecule has 0 saturated heterocycles. The Labute approximate surface area is 170 Å². The predicted molar refractivity (Wildman–Crippen MR) is 111 cm³/mol. The molecule has 2 aromatic heterocycles. The van der Waals surface area contributed by atoms with Crippen LogP contribution >= 0.6 is 11.8 Å². The zero-order valence-corrected chi connectivity index (χ0v) is 16.6. The van der Waals surface area contributed by atoms with Gasteiger partial charge < -0.3 is 9.73 Å². The summed E-state index contributed by atoms with van der Waals surface area (Å²) in [5, 5.41) is 11.5. The third-order valence-electron chi connectivity index (χ3n) is 4.50. The van der Waals surface area contributed by atoms with Crippen LogP contribution in [0.1, 0.15) is 18.5 Å². The lowest BCUT2D eigenvalue weighted by Gasteiger charge is -2.13. The number of fused-ring (bicyclic) bond motifs is 1. The minimum Gasteiger partial charge on any atom is -0.408 e. The Balaban J connectivity index is 1.56. The van der Waals surface area contributed by atoms with Crippen molar-refractivity contribution in [2.24, 2.45) is 0 Å². The SMILES string of the molecule is CSCn1c(=O)oc2ccc(-c3cnc(NC(C)c4ccc(F)cc4)nn3)cc21. The van der Waals surface area contributed by atoms with Crippen LogP contribution in [0.25, 0.3) is 22.4 Å². The van der Waals surface area contributed by atoms with Crippen LogP contribution in [0.2, 0.25) is 0 Å². The highest BCUT2D eigenvalue weighted by molar-refractivity contribution is 7.97. The molecule has 2 heterocycles. The van der Waals surface area contributed by atoms with Crippen molar-refractivity contribution in [3.8, 4) is 11.3 Å². The van der Waals surface area contributed by atoms with E-state index in [0.29, 0.717) is 28.6 Å². The standard InChI is InChI=1S/C20H18FN5O2S/c1-12(13-3-6-15(21)7-4-13)23-19-22-10-16(24-25-19)14-5-8-18-17(9-14)26(11-29-2)20(27)28-18/h3-10,12H,11H2,1-2H3,(H,22,23,25). The highest BCUT2D eigenvalue weighted by Gasteiger charge is 2.12. The van der Waals surface area contributed by atoms with Gasteiger partial charge in [0.25, 0.3) is 0 Å². The van der Waals surface area contributed by atoms with Gasteiger partial charge in [-0.05, 0) is 49.1 Å². The summed E-state index contributed by atoms with van der Waals surface area (Å²) < 4.78 is 19.9. The third kappa shape index (κ3) is 4.00. The quantitative estimate of drug-likeness (QED) is 0.512. The first-order valence-electron chi connectivity index (χ1n) is 8.89. The number of halogens is 1. The summed E-state index contributed by atoms with van der Waals surface area (Å²) in [6.45, 7) is 1.93. The number of hydrogen-bond acceptors (Lipinski definition) is 7. The third-order valence-corrected chi connectivity index (χ3v) is 5.01. The molecule has 0 aliphatic carbocycles. The summed E-state index contributed by atoms with van der Waals surface area (Å²) in [7, 11) is 0. The molecule has 0 radical (unpaired) electrons. The summed E-state index contributed by atoms with van der Waals surface area (Å²) in [5.74, 6) is 0.212. The lowest BCUT2D eigenvalue weighted by molar-refractivity contribution is 0.526. The molecule has 29 heavy (non-hydrogen) atoms. The van der Waals surface area contributed by atoms with E-state index < -0.39 is 0 Å². The van der Waals surface area contributed by atoms with Gasteiger partial charge in [-0.1, -0.05) is 12.1 Å². The van der Waals surface area contributed by atoms with Gasteiger partial charge in [0.2, 0.25) is 5.95 Å². The first-order chi connectivity index (χ1) is 14.0. The minimum atomic E-state index is -0.384. The molecular weight excluding hydrogens is 393 g/mol. The highest BCUT2D eigenvalue weighted by atomic mass is 32.2. The number of oxazole rings is 1. The highest BCUT2D eigenvalue weighted by Crippen LogP contribution is 2.23. The average molecular weight is 411 g/mol. The van der Waals surface area contributed by atoms with Gasteiger partial charge in [0.1, 0.15) is 11.5 Å². The van der Waals surface area contributed by atoms with Gasteiger partial charge in [0.15, 0.2) is 5.58 Å². The molecule has 1 N–H and O–H groups in total. The van der Waals surface area contributed by atoms with Crippen molar-refractivity contribution in [3.05, 3.63) is 70.6 Å². The Morgan fingerprint density at radius 2 is 2.00 bits per heavy atom. The summed E-state index contributed by atoms with van der Waals surface area (Å²) in [6, 6.07) is 11.5. The normalized spacial score (nSPS) is 12.2. The number of benzene rings is 2. The van der Waals surface area contributed by atoms with Crippen LogP contribution in [0.4, 0.5) is 10.3 Å². The van der Waals surface area contributed by atoms with Gasteiger partial charge in [0.05, 0.1) is 23.6 Å². The van der Waals surface area contributed by atoms with Crippen LogP contribution in [0, 0.1) is 5.82 Å². The maximum Gasteiger partial charge on any atom is 0.420 e. The van der Waals surface area contributed by atoms with Crippen LogP contribution in [-0.4, -0.2) is 26.0 Å². The molecule has 0 spiro atoms. The molecule has 0 bridgehead atoms. The Kier molecular flexibility index (Phi) is 5.30. The van der Waals surface area contributed by atoms with Crippen LogP contribution < -0.4 is 11.1 Å². The molecule has 0 aliphatic heterocycles. The molecule has 148 valence electrons. The Hall–Kier alpha value is -3.20. The zero-order chi connectivity index (χ0) is 20.4. The van der Waals surface area contributed by atoms with Crippen molar-refractivity contribution in [3.63, 3.8) is 0 Å². The van der Waals surface area contributed by atoms with E-state index in [2.05, 4.69) is 20.5 Å². The van der Waals surface area contributed by atoms with E-state index in [0.717, 1.165) is 11.1 Å². The van der Waals surface area contributed by atoms with E-state index in [1.807, 2.05) is 25.3 Å². The molecule has 0 fully saturated rings. The summed E-state index contributed by atoms with van der Waals surface area (Å²) in [6.07, 6.45) is 3.54. The molecule has 0 aliphatic rings. The average Bonchev–Trinajstić information content (AvgIpc) is 3.04. The molecular formula is C20H18FN5O2S. The van der Waals surface area contributed by atoms with Gasteiger partial charge in [-0.15, -0.1) is 22.0 Å². The Morgan fingerprint density at radius 3 is 2.69 bits per heavy atom. The van der Waals surface area contributed by atoms with Gasteiger partial charge in [-0.3, -0.25) is 4.57 Å². The summed E-state index contributed by atoms with van der Waals surface area (Å²) in [5.41, 5.74) is 3.51. The van der Waals surface area contributed by atoms with Crippen molar-refractivity contribution >= 4 is 28.8 Å². The molecule has 0 saturated carbocycles. The Bertz CT molecular complexity index is 1190. The fraction of sp³-hybridized carbons (Fsp3) is 0.200. The lowest BCUT2D eigenvalue weighted by Crippen LogP contribution is -2.12. The van der Waals surface area contributed by atoms with Gasteiger partial charge in [-0.2, -0.15) is 0 Å². The van der Waals surface area contributed by atoms with Crippen molar-refractivity contribution in [2.75, 3.05) is 11.6 Å². The van der Waals surface area contributed by atoms with Crippen LogP contribution in [0.15, 0.2) is 57.9 Å². The van der Waals surface area contributed by atoms with E-state index in [-0.39, 0.29) is 17.6 Å². The van der Waals surface area contributed by atoms with E-state index in [1.54, 1.807) is 29.0 Å². The number of hydrogen-bond donors (Lipinski definition) is 1. The molecule has 1 unspecified atom stereocenters. The summed E-state index contributed by atoms with van der Waals surface area (Å²) >= 11 is 1.53. The van der Waals surface area contributed by atoms with Crippen molar-refractivity contribution < 1.29 is 8.81 Å². The lowest BCUT2D eigenvalue weighted by atomic mass is 10.1. The molecule has 9 heteroatoms. The topological polar surface area (TPSA) is 85.8 Å². The van der Waals surface area contributed by atoms with Gasteiger partial charge in [0, 0.05) is 5.56 Å². The predicted octanol–water partition coefficient (Wildman–Crippen LogP) is 4.08. The molecule has 4 rings (SSSR count). The fourth-order valence-corrected chi connectivity index (χ4v) is 3.48. The summed E-state index contributed by atoms with van der Waals surface area (Å²) in [4.78, 5) is 16.3. The van der Waals surface area contributed by atoms with Gasteiger partial charge >= 0.3 is 5.76 Å². The maximum atomic E-state index is 13.1. The van der Waals surface area contributed by atoms with E-state index in [9.17, 15) is 9.18 Å². The second-order valence-electron chi connectivity index (χ2n) is 6.48. The van der Waals surface area contributed by atoms with Crippen LogP contribution in [-0.2, 0) is 5.88 Å². The second-order valence-corrected chi connectivity index (χ2v) is 7.32. The maximum absolute atomic E-state index is 13.1. The number of aromatic nitrogens is 4. The minimum absolute atomic E-state index is 0.105. The number of rotatable bonds is 6. The molecule has 2 aromatic carbocycles. The first-order valence-corrected chi connectivity index (χ1v) is 10.3. The Morgan fingerprint density at radius 1 is 1.21 bits per heavy atom. The monoisotopic (exact) mass is 411 g/mol.